The number of likely N-dealkylation sites (tertiary alicyclic amines) is 1. The monoisotopic (exact) mass is 207 g/mol. The van der Waals surface area contributed by atoms with Crippen LogP contribution in [0, 0.1) is 11.3 Å². The Bertz CT molecular complexity index is 248. The Morgan fingerprint density at radius 1 is 1.40 bits per heavy atom. The molecule has 3 heteroatoms. The maximum atomic E-state index is 9.20. The van der Waals surface area contributed by atoms with Crippen molar-refractivity contribution in [2.24, 2.45) is 0 Å². The summed E-state index contributed by atoms with van der Waals surface area (Å²) in [4.78, 5) is 2.48. The zero-order valence-corrected chi connectivity index (χ0v) is 9.63. The molecule has 2 fully saturated rings. The predicted molar refractivity (Wildman–Crippen MR) is 60.5 cm³/mol. The first-order valence-electron chi connectivity index (χ1n) is 6.13. The predicted octanol–water partition coefficient (Wildman–Crippen LogP) is 1.51. The van der Waals surface area contributed by atoms with Gasteiger partial charge in [0, 0.05) is 12.6 Å². The average Bonchev–Trinajstić information content (AvgIpc) is 2.88. The van der Waals surface area contributed by atoms with Crippen molar-refractivity contribution in [1.29, 1.82) is 5.26 Å². The first-order chi connectivity index (χ1) is 7.22. The SMILES string of the molecule is CC(C#N)(CCN1CCCC1)NC1CC1. The highest BCUT2D eigenvalue weighted by Gasteiger charge is 2.32. The van der Waals surface area contributed by atoms with Crippen LogP contribution in [0.15, 0.2) is 0 Å². The molecule has 1 heterocycles. The van der Waals surface area contributed by atoms with Crippen LogP contribution in [0.5, 0.6) is 0 Å². The summed E-state index contributed by atoms with van der Waals surface area (Å²) < 4.78 is 0. The van der Waals surface area contributed by atoms with Gasteiger partial charge in [0.25, 0.3) is 0 Å². The average molecular weight is 207 g/mol. The summed E-state index contributed by atoms with van der Waals surface area (Å²) in [5.41, 5.74) is -0.302. The maximum Gasteiger partial charge on any atom is 0.105 e. The highest BCUT2D eigenvalue weighted by Crippen LogP contribution is 2.24. The van der Waals surface area contributed by atoms with Crippen molar-refractivity contribution in [3.63, 3.8) is 0 Å². The van der Waals surface area contributed by atoms with E-state index in [4.69, 9.17) is 0 Å². The van der Waals surface area contributed by atoms with Gasteiger partial charge in [0.2, 0.25) is 0 Å². The van der Waals surface area contributed by atoms with E-state index < -0.39 is 0 Å². The van der Waals surface area contributed by atoms with Crippen LogP contribution in [0.4, 0.5) is 0 Å². The molecule has 1 aliphatic carbocycles. The van der Waals surface area contributed by atoms with E-state index in [9.17, 15) is 5.26 Å². The molecule has 1 saturated heterocycles. The Balaban J connectivity index is 1.75. The fraction of sp³-hybridized carbons (Fsp3) is 0.917. The van der Waals surface area contributed by atoms with Crippen molar-refractivity contribution in [1.82, 2.24) is 10.2 Å². The van der Waals surface area contributed by atoms with Crippen LogP contribution in [0.1, 0.15) is 39.0 Å². The molecule has 1 unspecified atom stereocenters. The molecule has 0 bridgehead atoms. The lowest BCUT2D eigenvalue weighted by Gasteiger charge is -2.26. The largest absolute Gasteiger partial charge is 0.303 e. The van der Waals surface area contributed by atoms with Crippen LogP contribution in [0.3, 0.4) is 0 Å². The lowest BCUT2D eigenvalue weighted by molar-refractivity contribution is 0.288. The standard InChI is InChI=1S/C12H21N3/c1-12(10-13,14-11-4-5-11)6-9-15-7-2-3-8-15/h11,14H,2-9H2,1H3. The minimum atomic E-state index is -0.302. The number of nitriles is 1. The Hall–Kier alpha value is -0.590. The van der Waals surface area contributed by atoms with E-state index in [2.05, 4.69) is 16.3 Å². The second-order valence-corrected chi connectivity index (χ2v) is 5.16. The molecule has 2 aliphatic rings. The number of nitrogens with one attached hydrogen (secondary N) is 1. The molecule has 15 heavy (non-hydrogen) atoms. The first-order valence-corrected chi connectivity index (χ1v) is 6.13. The normalized spacial score (nSPS) is 26.1. The molecule has 84 valence electrons. The van der Waals surface area contributed by atoms with Gasteiger partial charge in [-0.1, -0.05) is 0 Å². The molecular formula is C12H21N3. The molecule has 1 saturated carbocycles. The molecule has 0 aromatic rings. The van der Waals surface area contributed by atoms with E-state index in [1.807, 2.05) is 6.92 Å². The summed E-state index contributed by atoms with van der Waals surface area (Å²) in [7, 11) is 0. The van der Waals surface area contributed by atoms with E-state index in [-0.39, 0.29) is 5.54 Å². The highest BCUT2D eigenvalue weighted by atomic mass is 15.1. The van der Waals surface area contributed by atoms with E-state index in [0.29, 0.717) is 6.04 Å². The minimum absolute atomic E-state index is 0.302. The third kappa shape index (κ3) is 3.19. The van der Waals surface area contributed by atoms with Crippen molar-refractivity contribution in [3.05, 3.63) is 0 Å². The highest BCUT2D eigenvalue weighted by molar-refractivity contribution is 5.07. The van der Waals surface area contributed by atoms with Gasteiger partial charge in [-0.3, -0.25) is 5.32 Å². The summed E-state index contributed by atoms with van der Waals surface area (Å²) in [6.45, 7) is 5.57. The quantitative estimate of drug-likeness (QED) is 0.742. The number of nitrogens with zero attached hydrogens (tertiary/aromatic N) is 2. The molecule has 0 aromatic heterocycles. The van der Waals surface area contributed by atoms with Crippen LogP contribution in [0.2, 0.25) is 0 Å². The van der Waals surface area contributed by atoms with E-state index in [1.54, 1.807) is 0 Å². The van der Waals surface area contributed by atoms with Crippen molar-refractivity contribution in [3.8, 4) is 6.07 Å². The molecule has 0 spiro atoms. The lowest BCUT2D eigenvalue weighted by atomic mass is 9.99. The third-order valence-corrected chi connectivity index (χ3v) is 3.47. The summed E-state index contributed by atoms with van der Waals surface area (Å²) in [5, 5.41) is 12.7. The molecule has 1 atom stereocenters. The minimum Gasteiger partial charge on any atom is -0.303 e. The molecule has 0 aromatic carbocycles. The van der Waals surface area contributed by atoms with Gasteiger partial charge in [-0.25, -0.2) is 0 Å². The van der Waals surface area contributed by atoms with Gasteiger partial charge in [0.1, 0.15) is 5.54 Å². The fourth-order valence-corrected chi connectivity index (χ4v) is 2.23. The maximum absolute atomic E-state index is 9.20. The van der Waals surface area contributed by atoms with E-state index >= 15 is 0 Å². The van der Waals surface area contributed by atoms with Gasteiger partial charge >= 0.3 is 0 Å². The molecule has 1 aliphatic heterocycles. The van der Waals surface area contributed by atoms with Crippen LogP contribution in [-0.4, -0.2) is 36.1 Å². The van der Waals surface area contributed by atoms with Crippen molar-refractivity contribution < 1.29 is 0 Å². The Labute approximate surface area is 92.4 Å². The number of rotatable bonds is 5. The zero-order valence-electron chi connectivity index (χ0n) is 9.63. The molecule has 2 rings (SSSR count). The van der Waals surface area contributed by atoms with Gasteiger partial charge < -0.3 is 4.90 Å². The summed E-state index contributed by atoms with van der Waals surface area (Å²) in [6, 6.07) is 3.05. The molecular weight excluding hydrogens is 186 g/mol. The molecule has 0 radical (unpaired) electrons. The van der Waals surface area contributed by atoms with E-state index in [0.717, 1.165) is 13.0 Å². The summed E-state index contributed by atoms with van der Waals surface area (Å²) in [5.74, 6) is 0. The summed E-state index contributed by atoms with van der Waals surface area (Å²) >= 11 is 0. The Morgan fingerprint density at radius 2 is 2.07 bits per heavy atom. The first kappa shape index (κ1) is 10.9. The molecule has 3 nitrogen and oxygen atoms in total. The van der Waals surface area contributed by atoms with Crippen molar-refractivity contribution in [2.75, 3.05) is 19.6 Å². The van der Waals surface area contributed by atoms with Gasteiger partial charge in [-0.05, 0) is 52.1 Å². The molecule has 1 N–H and O–H groups in total. The van der Waals surface area contributed by atoms with Crippen molar-refractivity contribution >= 4 is 0 Å². The fourth-order valence-electron chi connectivity index (χ4n) is 2.23. The van der Waals surface area contributed by atoms with Crippen LogP contribution < -0.4 is 5.32 Å². The van der Waals surface area contributed by atoms with Gasteiger partial charge in [-0.15, -0.1) is 0 Å². The Kier molecular flexibility index (Phi) is 3.28. The summed E-state index contributed by atoms with van der Waals surface area (Å²) in [6.07, 6.45) is 6.13. The third-order valence-electron chi connectivity index (χ3n) is 3.47. The van der Waals surface area contributed by atoms with E-state index in [1.165, 1.54) is 38.8 Å². The molecule has 0 amide bonds. The smallest absolute Gasteiger partial charge is 0.105 e. The van der Waals surface area contributed by atoms with Gasteiger partial charge in [-0.2, -0.15) is 5.26 Å². The van der Waals surface area contributed by atoms with Crippen LogP contribution in [-0.2, 0) is 0 Å². The van der Waals surface area contributed by atoms with Gasteiger partial charge in [0.15, 0.2) is 0 Å². The second kappa shape index (κ2) is 4.51. The second-order valence-electron chi connectivity index (χ2n) is 5.16. The zero-order chi connectivity index (χ0) is 10.7. The number of hydrogen-bond acceptors (Lipinski definition) is 3. The Morgan fingerprint density at radius 3 is 2.60 bits per heavy atom. The number of hydrogen-bond donors (Lipinski definition) is 1. The van der Waals surface area contributed by atoms with Gasteiger partial charge in [0.05, 0.1) is 6.07 Å². The lowest BCUT2D eigenvalue weighted by Crippen LogP contribution is -2.44. The van der Waals surface area contributed by atoms with Crippen molar-refractivity contribution in [2.45, 2.75) is 50.6 Å². The topological polar surface area (TPSA) is 39.1 Å². The van der Waals surface area contributed by atoms with Crippen LogP contribution in [0.25, 0.3) is 0 Å². The van der Waals surface area contributed by atoms with Crippen LogP contribution >= 0.6 is 0 Å².